The molecule has 0 amide bonds. The average Bonchev–Trinajstić information content (AvgIpc) is 2.69. The number of imidazole rings is 1. The van der Waals surface area contributed by atoms with Crippen molar-refractivity contribution in [1.82, 2.24) is 14.5 Å². The van der Waals surface area contributed by atoms with Crippen LogP contribution in [0, 0.1) is 5.82 Å². The van der Waals surface area contributed by atoms with E-state index in [1.54, 1.807) is 18.5 Å². The molecule has 4 heteroatoms. The highest BCUT2D eigenvalue weighted by Crippen LogP contribution is 2.14. The van der Waals surface area contributed by atoms with Crippen molar-refractivity contribution in [2.24, 2.45) is 0 Å². The van der Waals surface area contributed by atoms with Gasteiger partial charge in [-0.05, 0) is 6.07 Å². The third-order valence-corrected chi connectivity index (χ3v) is 2.46. The molecule has 0 N–H and O–H groups in total. The average molecular weight is 219 g/mol. The summed E-state index contributed by atoms with van der Waals surface area (Å²) >= 11 is 0. The van der Waals surface area contributed by atoms with E-state index < -0.39 is 0 Å². The second kappa shape index (κ2) is 4.43. The van der Waals surface area contributed by atoms with Crippen molar-refractivity contribution in [2.75, 3.05) is 0 Å². The maximum absolute atomic E-state index is 13.4. The van der Waals surface area contributed by atoms with E-state index in [0.717, 1.165) is 5.82 Å². The minimum Gasteiger partial charge on any atom is -0.330 e. The molecule has 0 aliphatic heterocycles. The summed E-state index contributed by atoms with van der Waals surface area (Å²) in [5.41, 5.74) is 0.634. The molecule has 0 aromatic carbocycles. The van der Waals surface area contributed by atoms with Gasteiger partial charge in [-0.3, -0.25) is 4.98 Å². The Morgan fingerprint density at radius 2 is 2.19 bits per heavy atom. The fraction of sp³-hybridized carbons (Fsp3) is 0.333. The molecule has 0 bridgehead atoms. The Kier molecular flexibility index (Phi) is 2.99. The van der Waals surface area contributed by atoms with Crippen LogP contribution in [-0.4, -0.2) is 14.5 Å². The molecular weight excluding hydrogens is 205 g/mol. The zero-order chi connectivity index (χ0) is 11.5. The second-order valence-corrected chi connectivity index (χ2v) is 4.04. The molecule has 16 heavy (non-hydrogen) atoms. The zero-order valence-corrected chi connectivity index (χ0v) is 9.39. The van der Waals surface area contributed by atoms with Gasteiger partial charge in [0.25, 0.3) is 0 Å². The van der Waals surface area contributed by atoms with E-state index in [2.05, 4.69) is 23.8 Å². The minimum atomic E-state index is -0.272. The number of pyridine rings is 1. The van der Waals surface area contributed by atoms with E-state index in [1.165, 1.54) is 6.20 Å². The van der Waals surface area contributed by atoms with E-state index in [4.69, 9.17) is 0 Å². The first kappa shape index (κ1) is 10.8. The van der Waals surface area contributed by atoms with Crippen LogP contribution >= 0.6 is 0 Å². The van der Waals surface area contributed by atoms with Crippen molar-refractivity contribution in [2.45, 2.75) is 26.3 Å². The van der Waals surface area contributed by atoms with Gasteiger partial charge in [-0.25, -0.2) is 9.37 Å². The Hall–Kier alpha value is -1.71. The van der Waals surface area contributed by atoms with E-state index in [1.807, 2.05) is 10.8 Å². The summed E-state index contributed by atoms with van der Waals surface area (Å²) in [6.07, 6.45) is 6.45. The molecule has 2 aromatic heterocycles. The molecule has 2 aromatic rings. The minimum absolute atomic E-state index is 0.272. The number of hydrogen-bond acceptors (Lipinski definition) is 2. The van der Waals surface area contributed by atoms with Crippen LogP contribution in [-0.2, 0) is 6.54 Å². The van der Waals surface area contributed by atoms with Crippen LogP contribution in [0.15, 0.2) is 30.9 Å². The Bertz CT molecular complexity index is 477. The summed E-state index contributed by atoms with van der Waals surface area (Å²) in [6, 6.07) is 1.69. The summed E-state index contributed by atoms with van der Waals surface area (Å²) in [4.78, 5) is 8.00. The Balaban J connectivity index is 2.27. The highest BCUT2D eigenvalue weighted by molar-refractivity contribution is 5.14. The number of rotatable bonds is 3. The van der Waals surface area contributed by atoms with Crippen LogP contribution in [0.25, 0.3) is 0 Å². The van der Waals surface area contributed by atoms with Crippen molar-refractivity contribution >= 4 is 0 Å². The molecule has 0 aliphatic carbocycles. The molecule has 2 rings (SSSR count). The predicted octanol–water partition coefficient (Wildman–Crippen LogP) is 2.59. The van der Waals surface area contributed by atoms with Crippen molar-refractivity contribution in [3.63, 3.8) is 0 Å². The molecule has 0 radical (unpaired) electrons. The summed E-state index contributed by atoms with van der Waals surface area (Å²) in [7, 11) is 0. The molecule has 0 aliphatic rings. The van der Waals surface area contributed by atoms with Crippen LogP contribution in [0.5, 0.6) is 0 Å². The molecule has 2 heterocycles. The van der Waals surface area contributed by atoms with E-state index in [0.29, 0.717) is 18.0 Å². The third kappa shape index (κ3) is 2.10. The molecule has 0 atom stereocenters. The van der Waals surface area contributed by atoms with Gasteiger partial charge >= 0.3 is 0 Å². The molecule has 0 saturated carbocycles. The van der Waals surface area contributed by atoms with Crippen molar-refractivity contribution in [3.05, 3.63) is 48.1 Å². The Morgan fingerprint density at radius 3 is 2.88 bits per heavy atom. The predicted molar refractivity (Wildman–Crippen MR) is 59.6 cm³/mol. The first-order valence-corrected chi connectivity index (χ1v) is 5.28. The van der Waals surface area contributed by atoms with Crippen molar-refractivity contribution < 1.29 is 4.39 Å². The monoisotopic (exact) mass is 219 g/mol. The Morgan fingerprint density at radius 1 is 1.38 bits per heavy atom. The fourth-order valence-electron chi connectivity index (χ4n) is 1.67. The second-order valence-electron chi connectivity index (χ2n) is 4.04. The van der Waals surface area contributed by atoms with Gasteiger partial charge in [-0.15, -0.1) is 0 Å². The lowest BCUT2D eigenvalue weighted by atomic mass is 10.2. The zero-order valence-electron chi connectivity index (χ0n) is 9.39. The van der Waals surface area contributed by atoms with Gasteiger partial charge in [0.05, 0.1) is 12.7 Å². The van der Waals surface area contributed by atoms with Crippen LogP contribution in [0.1, 0.15) is 31.2 Å². The summed E-state index contributed by atoms with van der Waals surface area (Å²) < 4.78 is 15.4. The van der Waals surface area contributed by atoms with Gasteiger partial charge in [0.2, 0.25) is 0 Å². The molecule has 0 spiro atoms. The largest absolute Gasteiger partial charge is 0.330 e. The first-order valence-electron chi connectivity index (χ1n) is 5.28. The number of hydrogen-bond donors (Lipinski definition) is 0. The lowest BCUT2D eigenvalue weighted by Crippen LogP contribution is -2.07. The molecule has 0 saturated heterocycles. The van der Waals surface area contributed by atoms with E-state index in [-0.39, 0.29) is 5.82 Å². The van der Waals surface area contributed by atoms with Crippen molar-refractivity contribution in [3.8, 4) is 0 Å². The lowest BCUT2D eigenvalue weighted by Gasteiger charge is -2.10. The molecule has 0 unspecified atom stereocenters. The highest BCUT2D eigenvalue weighted by Gasteiger charge is 2.09. The van der Waals surface area contributed by atoms with E-state index in [9.17, 15) is 4.39 Å². The maximum Gasteiger partial charge on any atom is 0.146 e. The molecule has 3 nitrogen and oxygen atoms in total. The van der Waals surface area contributed by atoms with Gasteiger partial charge in [-0.1, -0.05) is 13.8 Å². The van der Waals surface area contributed by atoms with Gasteiger partial charge < -0.3 is 4.57 Å². The third-order valence-electron chi connectivity index (χ3n) is 2.46. The summed E-state index contributed by atoms with van der Waals surface area (Å²) in [5.74, 6) is 1.03. The van der Waals surface area contributed by atoms with Gasteiger partial charge in [0, 0.05) is 30.1 Å². The lowest BCUT2D eigenvalue weighted by molar-refractivity contribution is 0.583. The first-order chi connectivity index (χ1) is 7.68. The number of halogens is 1. The summed E-state index contributed by atoms with van der Waals surface area (Å²) in [5, 5.41) is 0. The number of nitrogens with zero attached hydrogens (tertiary/aromatic N) is 3. The SMILES string of the molecule is CC(C)c1nccn1Cc1ccncc1F. The fourth-order valence-corrected chi connectivity index (χ4v) is 1.67. The summed E-state index contributed by atoms with van der Waals surface area (Å²) in [6.45, 7) is 4.64. The van der Waals surface area contributed by atoms with Crippen molar-refractivity contribution in [1.29, 1.82) is 0 Å². The van der Waals surface area contributed by atoms with Crippen LogP contribution in [0.4, 0.5) is 4.39 Å². The number of aromatic nitrogens is 3. The van der Waals surface area contributed by atoms with Gasteiger partial charge in [-0.2, -0.15) is 0 Å². The van der Waals surface area contributed by atoms with Gasteiger partial charge in [0.15, 0.2) is 0 Å². The molecular formula is C12H14FN3. The van der Waals surface area contributed by atoms with Crippen LogP contribution in [0.3, 0.4) is 0 Å². The smallest absolute Gasteiger partial charge is 0.146 e. The topological polar surface area (TPSA) is 30.7 Å². The van der Waals surface area contributed by atoms with E-state index >= 15 is 0 Å². The van der Waals surface area contributed by atoms with Crippen LogP contribution in [0.2, 0.25) is 0 Å². The maximum atomic E-state index is 13.4. The molecule has 84 valence electrons. The normalized spacial score (nSPS) is 11.0. The standard InChI is InChI=1S/C12H14FN3/c1-9(2)12-15-5-6-16(12)8-10-3-4-14-7-11(10)13/h3-7,9H,8H2,1-2H3. The van der Waals surface area contributed by atoms with Gasteiger partial charge in [0.1, 0.15) is 11.6 Å². The highest BCUT2D eigenvalue weighted by atomic mass is 19.1. The van der Waals surface area contributed by atoms with Crippen LogP contribution < -0.4 is 0 Å². The quantitative estimate of drug-likeness (QED) is 0.794. The molecule has 0 fully saturated rings. The Labute approximate surface area is 94.0 Å².